The maximum absolute atomic E-state index is 13.6. The minimum atomic E-state index is -4.02. The first-order chi connectivity index (χ1) is 27.2. The second-order valence-electron chi connectivity index (χ2n) is 13.8. The molecule has 0 spiro atoms. The lowest BCUT2D eigenvalue weighted by Gasteiger charge is -2.40. The maximum atomic E-state index is 13.6. The number of fused-ring (bicyclic) bond motifs is 1. The van der Waals surface area contributed by atoms with Gasteiger partial charge >= 0.3 is 0 Å². The van der Waals surface area contributed by atoms with Gasteiger partial charge in [-0.15, -0.1) is 0 Å². The summed E-state index contributed by atoms with van der Waals surface area (Å²) in [4.78, 5) is 25.5. The highest BCUT2D eigenvalue weighted by molar-refractivity contribution is 7.86. The number of benzene rings is 4. The molecule has 1 aromatic heterocycles. The predicted octanol–water partition coefficient (Wildman–Crippen LogP) is 7.15. The van der Waals surface area contributed by atoms with Gasteiger partial charge in [-0.25, -0.2) is 14.4 Å². The molecule has 1 saturated heterocycles. The minimum absolute atomic E-state index is 0.00202. The number of carbonyl (C=O) groups excluding carboxylic acids is 1. The van der Waals surface area contributed by atoms with E-state index < -0.39 is 26.1 Å². The smallest absolute Gasteiger partial charge is 0.294 e. The first kappa shape index (κ1) is 45.5. The van der Waals surface area contributed by atoms with Gasteiger partial charge in [-0.2, -0.15) is 16.8 Å². The van der Waals surface area contributed by atoms with Crippen molar-refractivity contribution in [1.82, 2.24) is 19.8 Å². The van der Waals surface area contributed by atoms with E-state index >= 15 is 0 Å². The summed E-state index contributed by atoms with van der Waals surface area (Å²) in [5.74, 6) is 6.28. The lowest BCUT2D eigenvalue weighted by atomic mass is 10.0. The van der Waals surface area contributed by atoms with Crippen LogP contribution in [0, 0.1) is 31.5 Å². The Bertz CT molecular complexity index is 2480. The van der Waals surface area contributed by atoms with Crippen molar-refractivity contribution in [3.63, 3.8) is 0 Å². The number of hydrogen-bond acceptors (Lipinski definition) is 10. The third-order valence-electron chi connectivity index (χ3n) is 8.83. The Morgan fingerprint density at radius 1 is 0.879 bits per heavy atom. The van der Waals surface area contributed by atoms with Gasteiger partial charge in [0, 0.05) is 37.3 Å². The normalized spacial score (nSPS) is 13.5. The van der Waals surface area contributed by atoms with E-state index in [4.69, 9.17) is 20.7 Å². The van der Waals surface area contributed by atoms with Crippen molar-refractivity contribution in [1.29, 1.82) is 0 Å². The van der Waals surface area contributed by atoms with E-state index in [1.165, 1.54) is 48.8 Å². The summed E-state index contributed by atoms with van der Waals surface area (Å²) in [5.41, 5.74) is 3.92. The van der Waals surface area contributed by atoms with Gasteiger partial charge in [0.2, 0.25) is 5.91 Å². The number of halogens is 2. The summed E-state index contributed by atoms with van der Waals surface area (Å²) in [7, 11) is -5.92. The van der Waals surface area contributed by atoms with Gasteiger partial charge in [0.25, 0.3) is 20.2 Å². The highest BCUT2D eigenvalue weighted by atomic mass is 35.5. The molecule has 13 nitrogen and oxygen atoms in total. The Hall–Kier alpha value is -5.25. The summed E-state index contributed by atoms with van der Waals surface area (Å²) in [6, 6.07) is 19.9. The van der Waals surface area contributed by atoms with Crippen LogP contribution in [-0.2, 0) is 25.0 Å². The Kier molecular flexibility index (Phi) is 15.3. The molecule has 17 heteroatoms. The molecular formula is C41H44ClFN6O7S2. The number of nitrogens with one attached hydrogen (secondary N) is 2. The van der Waals surface area contributed by atoms with Crippen LogP contribution in [0.3, 0.4) is 0 Å². The predicted molar refractivity (Wildman–Crippen MR) is 225 cm³/mol. The van der Waals surface area contributed by atoms with Gasteiger partial charge in [-0.3, -0.25) is 18.8 Å². The molecule has 4 N–H and O–H groups in total. The van der Waals surface area contributed by atoms with Crippen molar-refractivity contribution in [2.75, 3.05) is 43.9 Å². The SMILES string of the molecule is C=CC(=O)Nc1cc2c(Nc3ccc(F)c(Cl)c3)ncnc2cc1C#CC(C)(C)N1CCN(C)CC1.Cc1ccc(S(=O)(=O)O)cc1.Cc1ccc(S(=O)(=O)O)cc1. The lowest BCUT2D eigenvalue weighted by molar-refractivity contribution is -0.111. The molecule has 2 heterocycles. The fraction of sp³-hybridized carbons (Fsp3) is 0.244. The van der Waals surface area contributed by atoms with Crippen LogP contribution >= 0.6 is 11.6 Å². The zero-order chi connectivity index (χ0) is 42.8. The summed E-state index contributed by atoms with van der Waals surface area (Å²) in [5, 5.41) is 6.65. The summed E-state index contributed by atoms with van der Waals surface area (Å²) < 4.78 is 72.7. The number of aromatic nitrogens is 2. The van der Waals surface area contributed by atoms with Crippen LogP contribution in [-0.4, -0.2) is 90.4 Å². The molecule has 6 rings (SSSR count). The van der Waals surface area contributed by atoms with Gasteiger partial charge in [0.1, 0.15) is 18.0 Å². The van der Waals surface area contributed by atoms with E-state index in [0.717, 1.165) is 37.3 Å². The highest BCUT2D eigenvalue weighted by Crippen LogP contribution is 2.30. The number of hydrogen-bond donors (Lipinski definition) is 4. The van der Waals surface area contributed by atoms with E-state index in [2.05, 4.69) is 69.7 Å². The topological polar surface area (TPSA) is 182 Å². The second kappa shape index (κ2) is 19.5. The Morgan fingerprint density at radius 2 is 1.43 bits per heavy atom. The molecule has 5 aromatic rings. The average molecular weight is 851 g/mol. The van der Waals surface area contributed by atoms with Gasteiger partial charge < -0.3 is 15.5 Å². The van der Waals surface area contributed by atoms with Crippen LogP contribution in [0.5, 0.6) is 0 Å². The minimum Gasteiger partial charge on any atom is -0.340 e. The quantitative estimate of drug-likeness (QED) is 0.0739. The largest absolute Gasteiger partial charge is 0.340 e. The molecular weight excluding hydrogens is 807 g/mol. The Labute approximate surface area is 343 Å². The maximum Gasteiger partial charge on any atom is 0.294 e. The summed E-state index contributed by atoms with van der Waals surface area (Å²) in [6.07, 6.45) is 2.64. The third kappa shape index (κ3) is 13.1. The second-order valence-corrected chi connectivity index (χ2v) is 17.0. The fourth-order valence-electron chi connectivity index (χ4n) is 5.39. The van der Waals surface area contributed by atoms with Gasteiger partial charge in [-0.05, 0) is 95.4 Å². The van der Waals surface area contributed by atoms with Crippen LogP contribution in [0.25, 0.3) is 10.9 Å². The molecule has 58 heavy (non-hydrogen) atoms. The molecule has 0 unspecified atom stereocenters. The molecule has 4 aromatic carbocycles. The first-order valence-electron chi connectivity index (χ1n) is 17.7. The molecule has 0 bridgehead atoms. The van der Waals surface area contributed by atoms with E-state index in [1.54, 1.807) is 36.4 Å². The number of nitrogens with zero attached hydrogens (tertiary/aromatic N) is 4. The molecule has 0 aliphatic carbocycles. The van der Waals surface area contributed by atoms with E-state index in [9.17, 15) is 26.0 Å². The molecule has 1 fully saturated rings. The summed E-state index contributed by atoms with van der Waals surface area (Å²) >= 11 is 5.93. The Morgan fingerprint density at radius 3 is 1.93 bits per heavy atom. The third-order valence-corrected chi connectivity index (χ3v) is 10.9. The molecule has 306 valence electrons. The molecule has 1 amide bonds. The number of anilines is 3. The molecule has 0 saturated carbocycles. The van der Waals surface area contributed by atoms with Crippen molar-refractivity contribution in [3.8, 4) is 11.8 Å². The van der Waals surface area contributed by atoms with E-state index in [0.29, 0.717) is 33.7 Å². The van der Waals surface area contributed by atoms with Crippen molar-refractivity contribution >= 4 is 65.8 Å². The van der Waals surface area contributed by atoms with Crippen molar-refractivity contribution in [2.24, 2.45) is 0 Å². The van der Waals surface area contributed by atoms with Crippen LogP contribution in [0.2, 0.25) is 5.02 Å². The Balaban J connectivity index is 0.000000273. The van der Waals surface area contributed by atoms with E-state index in [1.807, 2.05) is 19.9 Å². The summed E-state index contributed by atoms with van der Waals surface area (Å²) in [6.45, 7) is 15.3. The monoisotopic (exact) mass is 850 g/mol. The van der Waals surface area contributed by atoms with Crippen molar-refractivity contribution in [3.05, 3.63) is 125 Å². The van der Waals surface area contributed by atoms with Gasteiger partial charge in [0.05, 0.1) is 37.1 Å². The zero-order valence-corrected chi connectivity index (χ0v) is 34.9. The van der Waals surface area contributed by atoms with Crippen LogP contribution in [0.15, 0.2) is 108 Å². The number of amides is 1. The van der Waals surface area contributed by atoms with Crippen molar-refractivity contribution < 1.29 is 35.1 Å². The number of likely N-dealkylation sites (N-methyl/N-ethyl adjacent to an activating group) is 1. The standard InChI is InChI=1S/C27H28ClFN6O.2C7H8O3S/c1-5-25(36)33-23-16-20-24(30-17-31-26(20)32-19-6-7-22(29)21(28)15-19)14-18(23)8-9-27(2,3)35-12-10-34(4)11-13-35;2*1-6-2-4-7(5-3-6)11(8,9)10/h5-7,14-17H,1,10-13H2,2-4H3,(H,33,36)(H,30,31,32);2*2-5H,1H3,(H,8,9,10). The number of rotatable bonds is 7. The highest BCUT2D eigenvalue weighted by Gasteiger charge is 2.27. The molecule has 1 aliphatic rings. The fourth-order valence-corrected chi connectivity index (χ4v) is 6.53. The van der Waals surface area contributed by atoms with Crippen molar-refractivity contribution in [2.45, 2.75) is 43.0 Å². The van der Waals surface area contributed by atoms with Crippen LogP contribution in [0.4, 0.5) is 21.6 Å². The van der Waals surface area contributed by atoms with Gasteiger partial charge in [-0.1, -0.05) is 65.4 Å². The average Bonchev–Trinajstić information content (AvgIpc) is 3.16. The lowest BCUT2D eigenvalue weighted by Crippen LogP contribution is -2.53. The van der Waals surface area contributed by atoms with Crippen LogP contribution in [0.1, 0.15) is 30.5 Å². The number of piperazine rings is 1. The number of carbonyl (C=O) groups is 1. The van der Waals surface area contributed by atoms with Crippen LogP contribution < -0.4 is 10.6 Å². The number of aryl methyl sites for hydroxylation is 2. The zero-order valence-electron chi connectivity index (χ0n) is 32.5. The molecule has 0 atom stereocenters. The molecule has 1 aliphatic heterocycles. The van der Waals surface area contributed by atoms with E-state index in [-0.39, 0.29) is 26.3 Å². The van der Waals surface area contributed by atoms with Gasteiger partial charge in [0.15, 0.2) is 0 Å². The molecule has 0 radical (unpaired) electrons. The first-order valence-corrected chi connectivity index (χ1v) is 20.9.